The molecule has 2 atom stereocenters. The van der Waals surface area contributed by atoms with E-state index in [2.05, 4.69) is 50.6 Å². The summed E-state index contributed by atoms with van der Waals surface area (Å²) in [7, 11) is 0. The van der Waals surface area contributed by atoms with Crippen LogP contribution in [0.15, 0.2) is 18.5 Å². The minimum atomic E-state index is 0.0878. The summed E-state index contributed by atoms with van der Waals surface area (Å²) in [6.07, 6.45) is 6.76. The molecule has 0 bridgehead atoms. The van der Waals surface area contributed by atoms with Crippen LogP contribution in [0.4, 0.5) is 0 Å². The Morgan fingerprint density at radius 2 is 2.10 bits per heavy atom. The van der Waals surface area contributed by atoms with Gasteiger partial charge in [-0.15, -0.1) is 0 Å². The lowest BCUT2D eigenvalue weighted by atomic mass is 10.1. The Morgan fingerprint density at radius 3 is 2.67 bits per heavy atom. The summed E-state index contributed by atoms with van der Waals surface area (Å²) in [5.41, 5.74) is 1.31. The van der Waals surface area contributed by atoms with Gasteiger partial charge in [0.15, 0.2) is 0 Å². The number of nitrogens with zero attached hydrogens (tertiary/aromatic N) is 1. The lowest BCUT2D eigenvalue weighted by molar-refractivity contribution is -0.122. The van der Waals surface area contributed by atoms with Crippen LogP contribution in [0.3, 0.4) is 0 Å². The van der Waals surface area contributed by atoms with E-state index in [0.29, 0.717) is 18.5 Å². The van der Waals surface area contributed by atoms with E-state index in [-0.39, 0.29) is 11.9 Å². The molecule has 0 spiro atoms. The maximum atomic E-state index is 12.0. The third-order valence-electron chi connectivity index (χ3n) is 4.36. The van der Waals surface area contributed by atoms with Gasteiger partial charge in [0.25, 0.3) is 0 Å². The molecule has 1 aliphatic rings. The van der Waals surface area contributed by atoms with Gasteiger partial charge in [0.1, 0.15) is 6.54 Å². The summed E-state index contributed by atoms with van der Waals surface area (Å²) in [5, 5.41) is 6.61. The van der Waals surface area contributed by atoms with E-state index in [0.717, 1.165) is 12.5 Å². The van der Waals surface area contributed by atoms with Crippen molar-refractivity contribution in [3.8, 4) is 0 Å². The van der Waals surface area contributed by atoms with Gasteiger partial charge in [-0.1, -0.05) is 20.8 Å². The molecule has 0 radical (unpaired) electrons. The van der Waals surface area contributed by atoms with Crippen molar-refractivity contribution >= 4 is 5.91 Å². The van der Waals surface area contributed by atoms with E-state index in [1.54, 1.807) is 0 Å². The molecule has 1 fully saturated rings. The SMILES string of the molecule is CCNC(c1ccn(CC(=O)NC(C)C(C)C)c1)C1CC1. The van der Waals surface area contributed by atoms with Crippen molar-refractivity contribution in [2.75, 3.05) is 6.54 Å². The molecule has 1 heterocycles. The summed E-state index contributed by atoms with van der Waals surface area (Å²) in [6.45, 7) is 9.83. The zero-order chi connectivity index (χ0) is 15.4. The van der Waals surface area contributed by atoms with Crippen molar-refractivity contribution in [2.45, 2.75) is 59.2 Å². The number of carbonyl (C=O) groups excluding carboxylic acids is 1. The third-order valence-corrected chi connectivity index (χ3v) is 4.36. The monoisotopic (exact) mass is 291 g/mol. The Kier molecular flexibility index (Phi) is 5.45. The molecule has 1 aromatic heterocycles. The third kappa shape index (κ3) is 4.60. The maximum absolute atomic E-state index is 12.0. The second-order valence-electron chi connectivity index (χ2n) is 6.59. The minimum absolute atomic E-state index is 0.0878. The van der Waals surface area contributed by atoms with E-state index in [9.17, 15) is 4.79 Å². The largest absolute Gasteiger partial charge is 0.352 e. The van der Waals surface area contributed by atoms with Crippen LogP contribution in [0.2, 0.25) is 0 Å². The quantitative estimate of drug-likeness (QED) is 0.773. The van der Waals surface area contributed by atoms with E-state index < -0.39 is 0 Å². The van der Waals surface area contributed by atoms with Gasteiger partial charge >= 0.3 is 0 Å². The van der Waals surface area contributed by atoms with Crippen molar-refractivity contribution in [1.82, 2.24) is 15.2 Å². The van der Waals surface area contributed by atoms with E-state index in [1.807, 2.05) is 10.8 Å². The van der Waals surface area contributed by atoms with Crippen molar-refractivity contribution in [3.05, 3.63) is 24.0 Å². The molecule has 1 aromatic rings. The summed E-state index contributed by atoms with van der Waals surface area (Å²) < 4.78 is 1.99. The Hall–Kier alpha value is -1.29. The van der Waals surface area contributed by atoms with Crippen molar-refractivity contribution < 1.29 is 4.79 Å². The van der Waals surface area contributed by atoms with Gasteiger partial charge in [-0.3, -0.25) is 4.79 Å². The smallest absolute Gasteiger partial charge is 0.240 e. The van der Waals surface area contributed by atoms with Crippen LogP contribution in [0.1, 0.15) is 52.1 Å². The molecule has 0 saturated heterocycles. The van der Waals surface area contributed by atoms with Gasteiger partial charge in [0.05, 0.1) is 0 Å². The summed E-state index contributed by atoms with van der Waals surface area (Å²) in [5.74, 6) is 1.32. The van der Waals surface area contributed by atoms with E-state index in [4.69, 9.17) is 0 Å². The fourth-order valence-electron chi connectivity index (χ4n) is 2.58. The number of carbonyl (C=O) groups is 1. The van der Waals surface area contributed by atoms with Gasteiger partial charge in [-0.25, -0.2) is 0 Å². The molecule has 2 unspecified atom stereocenters. The fourth-order valence-corrected chi connectivity index (χ4v) is 2.58. The van der Waals surface area contributed by atoms with Gasteiger partial charge < -0.3 is 15.2 Å². The fraction of sp³-hybridized carbons (Fsp3) is 0.706. The first-order valence-corrected chi connectivity index (χ1v) is 8.19. The van der Waals surface area contributed by atoms with Crippen molar-refractivity contribution in [1.29, 1.82) is 0 Å². The predicted molar refractivity (Wildman–Crippen MR) is 86.0 cm³/mol. The highest BCUT2D eigenvalue weighted by atomic mass is 16.2. The zero-order valence-corrected chi connectivity index (χ0v) is 13.7. The average molecular weight is 291 g/mol. The second kappa shape index (κ2) is 7.12. The van der Waals surface area contributed by atoms with Crippen LogP contribution >= 0.6 is 0 Å². The first-order chi connectivity index (χ1) is 10.0. The number of rotatable bonds is 8. The molecule has 1 amide bonds. The molecule has 2 rings (SSSR count). The maximum Gasteiger partial charge on any atom is 0.240 e. The van der Waals surface area contributed by atoms with Gasteiger partial charge in [-0.05, 0) is 49.8 Å². The average Bonchev–Trinajstić information content (AvgIpc) is 3.16. The number of hydrogen-bond acceptors (Lipinski definition) is 2. The molecular formula is C17H29N3O. The predicted octanol–water partition coefficient (Wildman–Crippen LogP) is 2.71. The van der Waals surface area contributed by atoms with Gasteiger partial charge in [-0.2, -0.15) is 0 Å². The standard InChI is InChI=1S/C17H29N3O/c1-5-18-17(14-6-7-14)15-8-9-20(10-15)11-16(21)19-13(4)12(2)3/h8-10,12-14,17-18H,5-7,11H2,1-4H3,(H,19,21). The topological polar surface area (TPSA) is 46.1 Å². The van der Waals surface area contributed by atoms with Gasteiger partial charge in [0, 0.05) is 24.5 Å². The van der Waals surface area contributed by atoms with E-state index >= 15 is 0 Å². The minimum Gasteiger partial charge on any atom is -0.352 e. The molecule has 2 N–H and O–H groups in total. The summed E-state index contributed by atoms with van der Waals surface area (Å²) in [6, 6.07) is 2.81. The van der Waals surface area contributed by atoms with Crippen LogP contribution in [-0.4, -0.2) is 23.1 Å². The van der Waals surface area contributed by atoms with Crippen LogP contribution < -0.4 is 10.6 Å². The highest BCUT2D eigenvalue weighted by Crippen LogP contribution is 2.40. The molecule has 4 nitrogen and oxygen atoms in total. The number of hydrogen-bond donors (Lipinski definition) is 2. The lowest BCUT2D eigenvalue weighted by Crippen LogP contribution is -2.37. The molecule has 1 aliphatic carbocycles. The van der Waals surface area contributed by atoms with E-state index in [1.165, 1.54) is 18.4 Å². The molecule has 118 valence electrons. The van der Waals surface area contributed by atoms with Crippen LogP contribution in [0.25, 0.3) is 0 Å². The van der Waals surface area contributed by atoms with Gasteiger partial charge in [0.2, 0.25) is 5.91 Å². The summed E-state index contributed by atoms with van der Waals surface area (Å²) in [4.78, 5) is 12.0. The summed E-state index contributed by atoms with van der Waals surface area (Å²) >= 11 is 0. The number of nitrogens with one attached hydrogen (secondary N) is 2. The molecular weight excluding hydrogens is 262 g/mol. The first kappa shape index (κ1) is 16.1. The second-order valence-corrected chi connectivity index (χ2v) is 6.59. The van der Waals surface area contributed by atoms with Crippen LogP contribution in [0, 0.1) is 11.8 Å². The molecule has 1 saturated carbocycles. The number of amides is 1. The lowest BCUT2D eigenvalue weighted by Gasteiger charge is -2.18. The van der Waals surface area contributed by atoms with Crippen LogP contribution in [-0.2, 0) is 11.3 Å². The Labute approximate surface area is 128 Å². The van der Waals surface area contributed by atoms with Crippen molar-refractivity contribution in [2.24, 2.45) is 11.8 Å². The highest BCUT2D eigenvalue weighted by molar-refractivity contribution is 5.76. The highest BCUT2D eigenvalue weighted by Gasteiger charge is 2.32. The molecule has 0 aromatic carbocycles. The molecule has 4 heteroatoms. The Bertz CT molecular complexity index is 462. The molecule has 21 heavy (non-hydrogen) atoms. The normalized spacial score (nSPS) is 17.8. The number of aromatic nitrogens is 1. The van der Waals surface area contributed by atoms with Crippen molar-refractivity contribution in [3.63, 3.8) is 0 Å². The first-order valence-electron chi connectivity index (χ1n) is 8.19. The molecule has 0 aliphatic heterocycles. The Morgan fingerprint density at radius 1 is 1.38 bits per heavy atom. The Balaban J connectivity index is 1.91. The zero-order valence-electron chi connectivity index (χ0n) is 13.7. The van der Waals surface area contributed by atoms with Crippen LogP contribution in [0.5, 0.6) is 0 Å².